The summed E-state index contributed by atoms with van der Waals surface area (Å²) >= 11 is 1.04. The van der Waals surface area contributed by atoms with Crippen LogP contribution in [0.1, 0.15) is 12.8 Å². The molecule has 0 unspecified atom stereocenters. The molecule has 0 bridgehead atoms. The third kappa shape index (κ3) is 1.81. The molecule has 0 radical (unpaired) electrons. The zero-order chi connectivity index (χ0) is 13.0. The Morgan fingerprint density at radius 1 is 1.28 bits per heavy atom. The predicted octanol–water partition coefficient (Wildman–Crippen LogP) is 2.87. The molecular formula is C11H9F2NO2S2. The van der Waals surface area contributed by atoms with Crippen LogP contribution >= 0.6 is 11.3 Å². The second-order valence-corrected chi connectivity index (χ2v) is 7.81. The van der Waals surface area contributed by atoms with Gasteiger partial charge in [-0.1, -0.05) is 12.1 Å². The minimum absolute atomic E-state index is 0.0517. The van der Waals surface area contributed by atoms with Gasteiger partial charge in [0.05, 0.1) is 15.5 Å². The second-order valence-electron chi connectivity index (χ2n) is 4.38. The van der Waals surface area contributed by atoms with Crippen LogP contribution in [0.25, 0.3) is 10.2 Å². The standard InChI is InChI=1S/C11H9F2NO2S2/c12-11(13)5-7(6-11)18(15,16)10-14-8-3-1-2-4-9(8)17-10/h1-4,7H,5-6H2. The van der Waals surface area contributed by atoms with E-state index in [-0.39, 0.29) is 4.34 Å². The summed E-state index contributed by atoms with van der Waals surface area (Å²) in [5, 5.41) is -0.993. The number of aromatic nitrogens is 1. The van der Waals surface area contributed by atoms with Gasteiger partial charge in [-0.3, -0.25) is 0 Å². The first kappa shape index (κ1) is 12.0. The van der Waals surface area contributed by atoms with Crippen molar-refractivity contribution in [2.45, 2.75) is 28.4 Å². The number of thiazole rings is 1. The lowest BCUT2D eigenvalue weighted by molar-refractivity contribution is -0.0685. The molecule has 7 heteroatoms. The van der Waals surface area contributed by atoms with Gasteiger partial charge in [0.1, 0.15) is 0 Å². The second kappa shape index (κ2) is 3.71. The lowest BCUT2D eigenvalue weighted by Crippen LogP contribution is -2.44. The van der Waals surface area contributed by atoms with Crippen LogP contribution in [-0.2, 0) is 9.84 Å². The van der Waals surface area contributed by atoms with Crippen molar-refractivity contribution in [2.24, 2.45) is 0 Å². The molecule has 0 saturated heterocycles. The van der Waals surface area contributed by atoms with Crippen LogP contribution in [0, 0.1) is 0 Å². The van der Waals surface area contributed by atoms with E-state index in [4.69, 9.17) is 0 Å². The first-order valence-corrected chi connectivity index (χ1v) is 7.72. The fourth-order valence-electron chi connectivity index (χ4n) is 1.94. The summed E-state index contributed by atoms with van der Waals surface area (Å²) < 4.78 is 50.4. The Morgan fingerprint density at radius 2 is 1.94 bits per heavy atom. The molecule has 1 aromatic heterocycles. The van der Waals surface area contributed by atoms with Crippen molar-refractivity contribution in [2.75, 3.05) is 0 Å². The summed E-state index contributed by atoms with van der Waals surface area (Å²) in [6, 6.07) is 7.02. The molecule has 3 rings (SSSR count). The number of hydrogen-bond donors (Lipinski definition) is 0. The van der Waals surface area contributed by atoms with E-state index in [1.165, 1.54) is 0 Å². The molecule has 0 aliphatic heterocycles. The minimum Gasteiger partial charge on any atom is -0.225 e. The van der Waals surface area contributed by atoms with Gasteiger partial charge in [0.2, 0.25) is 14.2 Å². The lowest BCUT2D eigenvalue weighted by atomic mass is 9.94. The summed E-state index contributed by atoms with van der Waals surface area (Å²) in [6.07, 6.45) is -1.18. The molecule has 0 N–H and O–H groups in total. The molecule has 1 saturated carbocycles. The minimum atomic E-state index is -3.71. The van der Waals surface area contributed by atoms with E-state index < -0.39 is 33.9 Å². The number of rotatable bonds is 2. The molecule has 1 heterocycles. The molecule has 1 aliphatic rings. The zero-order valence-corrected chi connectivity index (χ0v) is 10.8. The van der Waals surface area contributed by atoms with Crippen molar-refractivity contribution in [1.29, 1.82) is 0 Å². The Morgan fingerprint density at radius 3 is 2.56 bits per heavy atom. The Kier molecular flexibility index (Phi) is 2.47. The Balaban J connectivity index is 1.99. The zero-order valence-electron chi connectivity index (χ0n) is 9.14. The number of halogens is 2. The third-order valence-corrected chi connectivity index (χ3v) is 6.58. The largest absolute Gasteiger partial charge is 0.250 e. The Bertz CT molecular complexity index is 668. The van der Waals surface area contributed by atoms with E-state index in [2.05, 4.69) is 4.98 Å². The molecule has 0 spiro atoms. The quantitative estimate of drug-likeness (QED) is 0.854. The molecule has 0 atom stereocenters. The topological polar surface area (TPSA) is 47.0 Å². The summed E-state index contributed by atoms with van der Waals surface area (Å²) in [7, 11) is -3.71. The van der Waals surface area contributed by atoms with Crippen LogP contribution in [0.2, 0.25) is 0 Å². The smallest absolute Gasteiger partial charge is 0.225 e. The highest BCUT2D eigenvalue weighted by Crippen LogP contribution is 2.44. The van der Waals surface area contributed by atoms with Gasteiger partial charge >= 0.3 is 0 Å². The van der Waals surface area contributed by atoms with Crippen molar-refractivity contribution in [3.05, 3.63) is 24.3 Å². The highest BCUT2D eigenvalue weighted by atomic mass is 32.2. The summed E-state index contributed by atoms with van der Waals surface area (Å²) in [6.45, 7) is 0. The monoisotopic (exact) mass is 289 g/mol. The van der Waals surface area contributed by atoms with Gasteiger partial charge < -0.3 is 0 Å². The average Bonchev–Trinajstić information content (AvgIpc) is 2.69. The number of hydrogen-bond acceptors (Lipinski definition) is 4. The fourth-order valence-corrected chi connectivity index (χ4v) is 5.22. The van der Waals surface area contributed by atoms with Crippen LogP contribution in [0.4, 0.5) is 8.78 Å². The lowest BCUT2D eigenvalue weighted by Gasteiger charge is -2.33. The van der Waals surface area contributed by atoms with Crippen molar-refractivity contribution in [3.8, 4) is 0 Å². The van der Waals surface area contributed by atoms with E-state index in [1.54, 1.807) is 24.3 Å². The van der Waals surface area contributed by atoms with Crippen LogP contribution in [-0.4, -0.2) is 24.6 Å². The Labute approximate surface area is 106 Å². The molecule has 18 heavy (non-hydrogen) atoms. The number of sulfone groups is 1. The van der Waals surface area contributed by atoms with Crippen LogP contribution in [0.3, 0.4) is 0 Å². The van der Waals surface area contributed by atoms with Crippen LogP contribution < -0.4 is 0 Å². The normalized spacial score (nSPS) is 19.9. The molecule has 96 valence electrons. The van der Waals surface area contributed by atoms with Crippen molar-refractivity contribution >= 4 is 31.4 Å². The fraction of sp³-hybridized carbons (Fsp3) is 0.364. The molecule has 3 nitrogen and oxygen atoms in total. The number of benzene rings is 1. The molecular weight excluding hydrogens is 280 g/mol. The molecule has 1 aromatic carbocycles. The van der Waals surface area contributed by atoms with Gasteiger partial charge in [0, 0.05) is 12.8 Å². The van der Waals surface area contributed by atoms with Gasteiger partial charge in [-0.05, 0) is 12.1 Å². The average molecular weight is 289 g/mol. The highest BCUT2D eigenvalue weighted by Gasteiger charge is 2.52. The summed E-state index contributed by atoms with van der Waals surface area (Å²) in [5.74, 6) is -2.84. The van der Waals surface area contributed by atoms with E-state index in [0.717, 1.165) is 16.0 Å². The van der Waals surface area contributed by atoms with Crippen LogP contribution in [0.15, 0.2) is 28.6 Å². The first-order valence-electron chi connectivity index (χ1n) is 5.36. The number of fused-ring (bicyclic) bond motifs is 1. The van der Waals surface area contributed by atoms with Crippen molar-refractivity contribution in [1.82, 2.24) is 4.98 Å². The SMILES string of the molecule is O=S(=O)(c1nc2ccccc2s1)C1CC(F)(F)C1. The van der Waals surface area contributed by atoms with Gasteiger partial charge in [-0.25, -0.2) is 22.2 Å². The molecule has 0 amide bonds. The highest BCUT2D eigenvalue weighted by molar-refractivity contribution is 7.94. The number of alkyl halides is 2. The maximum atomic E-state index is 12.8. The van der Waals surface area contributed by atoms with E-state index in [9.17, 15) is 17.2 Å². The van der Waals surface area contributed by atoms with Gasteiger partial charge in [0.15, 0.2) is 0 Å². The summed E-state index contributed by atoms with van der Waals surface area (Å²) in [5.41, 5.74) is 0.590. The maximum Gasteiger partial charge on any atom is 0.250 e. The summed E-state index contributed by atoms with van der Waals surface area (Å²) in [4.78, 5) is 4.02. The van der Waals surface area contributed by atoms with Crippen molar-refractivity contribution in [3.63, 3.8) is 0 Å². The molecule has 2 aromatic rings. The maximum absolute atomic E-state index is 12.8. The van der Waals surface area contributed by atoms with Gasteiger partial charge in [-0.2, -0.15) is 0 Å². The van der Waals surface area contributed by atoms with Gasteiger partial charge in [-0.15, -0.1) is 11.3 Å². The molecule has 1 aliphatic carbocycles. The van der Waals surface area contributed by atoms with Gasteiger partial charge in [0.25, 0.3) is 5.92 Å². The van der Waals surface area contributed by atoms with E-state index >= 15 is 0 Å². The van der Waals surface area contributed by atoms with E-state index in [1.807, 2.05) is 0 Å². The van der Waals surface area contributed by atoms with Crippen molar-refractivity contribution < 1.29 is 17.2 Å². The Hall–Kier alpha value is -1.08. The molecule has 1 fully saturated rings. The third-order valence-electron chi connectivity index (χ3n) is 3.01. The number of nitrogens with zero attached hydrogens (tertiary/aromatic N) is 1. The first-order chi connectivity index (χ1) is 8.38. The van der Waals surface area contributed by atoms with Crippen LogP contribution in [0.5, 0.6) is 0 Å². The predicted molar refractivity (Wildman–Crippen MR) is 64.8 cm³/mol. The number of para-hydroxylation sites is 1. The van der Waals surface area contributed by atoms with E-state index in [0.29, 0.717) is 5.52 Å².